The van der Waals surface area contributed by atoms with Gasteiger partial charge in [-0.1, -0.05) is 17.7 Å². The maximum Gasteiger partial charge on any atom is 0.173 e. The van der Waals surface area contributed by atoms with Crippen LogP contribution >= 0.6 is 23.8 Å². The van der Waals surface area contributed by atoms with Crippen molar-refractivity contribution in [1.29, 1.82) is 0 Å². The molecule has 1 heterocycles. The molecule has 3 nitrogen and oxygen atoms in total. The second kappa shape index (κ2) is 7.20. The van der Waals surface area contributed by atoms with E-state index in [1.54, 1.807) is 0 Å². The average molecular weight is 404 g/mol. The van der Waals surface area contributed by atoms with E-state index in [0.717, 1.165) is 71.7 Å². The minimum Gasteiger partial charge on any atom is -0.346 e. The molecule has 1 aromatic carbocycles. The molecular formula is C22H30ClN3S. The molecule has 0 radical (unpaired) electrons. The first-order valence-electron chi connectivity index (χ1n) is 10.6. The number of halogens is 1. The molecule has 5 aliphatic rings. The minimum atomic E-state index is 0.748. The van der Waals surface area contributed by atoms with E-state index in [4.69, 9.17) is 23.8 Å². The van der Waals surface area contributed by atoms with Crippen LogP contribution in [0.4, 0.5) is 5.69 Å². The van der Waals surface area contributed by atoms with E-state index in [9.17, 15) is 0 Å². The van der Waals surface area contributed by atoms with Gasteiger partial charge < -0.3 is 10.2 Å². The predicted octanol–water partition coefficient (Wildman–Crippen LogP) is 4.79. The maximum atomic E-state index is 6.15. The fourth-order valence-electron chi connectivity index (χ4n) is 6.64. The SMILES string of the molecule is Cc1ccc(Cl)cc1NC(=S)N1CCN(C2C3CC4CC(C3)CC2C4)CC1. The lowest BCUT2D eigenvalue weighted by molar-refractivity contribution is -0.0726. The van der Waals surface area contributed by atoms with Gasteiger partial charge in [0, 0.05) is 42.9 Å². The smallest absolute Gasteiger partial charge is 0.173 e. The summed E-state index contributed by atoms with van der Waals surface area (Å²) in [4.78, 5) is 5.15. The second-order valence-corrected chi connectivity index (χ2v) is 10.2. The summed E-state index contributed by atoms with van der Waals surface area (Å²) in [7, 11) is 0. The standard InChI is InChI=1S/C22H30ClN3S/c1-14-2-3-19(23)13-20(14)24-22(27)26-6-4-25(5-7-26)21-17-9-15-8-16(11-17)12-18(21)10-15/h2-3,13,15-18,21H,4-12H2,1H3,(H,24,27). The highest BCUT2D eigenvalue weighted by atomic mass is 35.5. The number of hydrogen-bond donors (Lipinski definition) is 1. The number of nitrogens with one attached hydrogen (secondary N) is 1. The molecule has 1 aliphatic heterocycles. The van der Waals surface area contributed by atoms with Crippen LogP contribution in [0, 0.1) is 30.6 Å². The van der Waals surface area contributed by atoms with Crippen molar-refractivity contribution in [2.75, 3.05) is 31.5 Å². The predicted molar refractivity (Wildman–Crippen MR) is 116 cm³/mol. The van der Waals surface area contributed by atoms with Crippen LogP contribution in [0.2, 0.25) is 5.02 Å². The first-order valence-corrected chi connectivity index (χ1v) is 11.4. The number of piperazine rings is 1. The molecular weight excluding hydrogens is 374 g/mol. The number of hydrogen-bond acceptors (Lipinski definition) is 2. The van der Waals surface area contributed by atoms with Gasteiger partial charge in [0.05, 0.1) is 0 Å². The van der Waals surface area contributed by atoms with Crippen LogP contribution in [0.1, 0.15) is 37.7 Å². The van der Waals surface area contributed by atoms with Crippen molar-refractivity contribution >= 4 is 34.6 Å². The van der Waals surface area contributed by atoms with Gasteiger partial charge in [0.1, 0.15) is 0 Å². The van der Waals surface area contributed by atoms with Gasteiger partial charge in [-0.25, -0.2) is 0 Å². The van der Waals surface area contributed by atoms with Crippen molar-refractivity contribution in [3.63, 3.8) is 0 Å². The Balaban J connectivity index is 1.19. The van der Waals surface area contributed by atoms with Gasteiger partial charge in [0.15, 0.2) is 5.11 Å². The van der Waals surface area contributed by atoms with E-state index in [1.165, 1.54) is 37.7 Å². The van der Waals surface area contributed by atoms with Crippen molar-refractivity contribution in [2.24, 2.45) is 23.7 Å². The summed E-state index contributed by atoms with van der Waals surface area (Å²) in [6.07, 6.45) is 7.56. The first kappa shape index (κ1) is 18.2. The molecule has 0 spiro atoms. The Bertz CT molecular complexity index is 700. The van der Waals surface area contributed by atoms with Crippen molar-refractivity contribution in [3.05, 3.63) is 28.8 Å². The topological polar surface area (TPSA) is 18.5 Å². The Morgan fingerprint density at radius 3 is 2.26 bits per heavy atom. The highest BCUT2D eigenvalue weighted by Gasteiger charge is 2.50. The van der Waals surface area contributed by atoms with Crippen LogP contribution in [0.5, 0.6) is 0 Å². The summed E-state index contributed by atoms with van der Waals surface area (Å²) in [6.45, 7) is 6.47. The summed E-state index contributed by atoms with van der Waals surface area (Å²) in [6, 6.07) is 6.79. The molecule has 1 aromatic rings. The van der Waals surface area contributed by atoms with Gasteiger partial charge in [0.25, 0.3) is 0 Å². The molecule has 5 heteroatoms. The Hall–Kier alpha value is -0.840. The van der Waals surface area contributed by atoms with Gasteiger partial charge in [0.2, 0.25) is 0 Å². The summed E-state index contributed by atoms with van der Waals surface area (Å²) < 4.78 is 0. The van der Waals surface area contributed by atoms with E-state index in [0.29, 0.717) is 0 Å². The van der Waals surface area contributed by atoms with E-state index in [-0.39, 0.29) is 0 Å². The number of benzene rings is 1. The summed E-state index contributed by atoms with van der Waals surface area (Å²) in [5.74, 6) is 4.07. The molecule has 1 N–H and O–H groups in total. The minimum absolute atomic E-state index is 0.748. The van der Waals surface area contributed by atoms with Crippen LogP contribution in [0.25, 0.3) is 0 Å². The number of anilines is 1. The second-order valence-electron chi connectivity index (χ2n) is 9.33. The van der Waals surface area contributed by atoms with Crippen LogP contribution in [0.3, 0.4) is 0 Å². The largest absolute Gasteiger partial charge is 0.346 e. The summed E-state index contributed by atoms with van der Waals surface area (Å²) in [5.41, 5.74) is 2.20. The monoisotopic (exact) mass is 403 g/mol. The number of nitrogens with zero attached hydrogens (tertiary/aromatic N) is 2. The molecule has 0 aromatic heterocycles. The zero-order valence-corrected chi connectivity index (χ0v) is 17.7. The van der Waals surface area contributed by atoms with Crippen molar-refractivity contribution in [3.8, 4) is 0 Å². The molecule has 0 unspecified atom stereocenters. The number of aryl methyl sites for hydroxylation is 1. The molecule has 27 heavy (non-hydrogen) atoms. The fraction of sp³-hybridized carbons (Fsp3) is 0.682. The van der Waals surface area contributed by atoms with E-state index < -0.39 is 0 Å². The summed E-state index contributed by atoms with van der Waals surface area (Å²) >= 11 is 11.9. The molecule has 4 bridgehead atoms. The number of rotatable bonds is 2. The average Bonchev–Trinajstić information content (AvgIpc) is 2.64. The van der Waals surface area contributed by atoms with Crippen LogP contribution < -0.4 is 5.32 Å². The lowest BCUT2D eigenvalue weighted by atomic mass is 9.54. The Morgan fingerprint density at radius 2 is 1.63 bits per heavy atom. The molecule has 146 valence electrons. The van der Waals surface area contributed by atoms with Crippen LogP contribution in [-0.2, 0) is 0 Å². The lowest BCUT2D eigenvalue weighted by Crippen LogP contribution is -2.60. The molecule has 6 rings (SSSR count). The van der Waals surface area contributed by atoms with Crippen LogP contribution in [-0.4, -0.2) is 47.1 Å². The van der Waals surface area contributed by atoms with E-state index in [1.807, 2.05) is 18.2 Å². The van der Waals surface area contributed by atoms with Crippen molar-refractivity contribution < 1.29 is 0 Å². The Labute approximate surface area is 173 Å². The van der Waals surface area contributed by atoms with E-state index >= 15 is 0 Å². The third-order valence-electron chi connectivity index (χ3n) is 7.64. The molecule has 1 saturated heterocycles. The fourth-order valence-corrected chi connectivity index (χ4v) is 7.10. The molecule has 0 atom stereocenters. The van der Waals surface area contributed by atoms with Gasteiger partial charge in [-0.15, -0.1) is 0 Å². The lowest BCUT2D eigenvalue weighted by Gasteiger charge is -2.58. The normalized spacial score (nSPS) is 35.5. The van der Waals surface area contributed by atoms with Gasteiger partial charge in [-0.3, -0.25) is 4.90 Å². The van der Waals surface area contributed by atoms with Crippen molar-refractivity contribution in [2.45, 2.75) is 45.1 Å². The van der Waals surface area contributed by atoms with Gasteiger partial charge in [-0.2, -0.15) is 0 Å². The first-order chi connectivity index (χ1) is 13.1. The third kappa shape index (κ3) is 3.49. The zero-order chi connectivity index (χ0) is 18.5. The Kier molecular flexibility index (Phi) is 4.86. The molecule has 5 fully saturated rings. The quantitative estimate of drug-likeness (QED) is 0.715. The molecule has 0 amide bonds. The third-order valence-corrected chi connectivity index (χ3v) is 8.24. The van der Waals surface area contributed by atoms with Gasteiger partial charge in [-0.05, 0) is 92.6 Å². The number of thiocarbonyl (C=S) groups is 1. The highest BCUT2D eigenvalue weighted by molar-refractivity contribution is 7.80. The van der Waals surface area contributed by atoms with Crippen molar-refractivity contribution in [1.82, 2.24) is 9.80 Å². The highest BCUT2D eigenvalue weighted by Crippen LogP contribution is 2.55. The zero-order valence-electron chi connectivity index (χ0n) is 16.2. The van der Waals surface area contributed by atoms with Gasteiger partial charge >= 0.3 is 0 Å². The Morgan fingerprint density at radius 1 is 1.00 bits per heavy atom. The molecule has 4 aliphatic carbocycles. The van der Waals surface area contributed by atoms with E-state index in [2.05, 4.69) is 22.0 Å². The summed E-state index contributed by atoms with van der Waals surface area (Å²) in [5, 5.41) is 5.01. The maximum absolute atomic E-state index is 6.15. The molecule has 4 saturated carbocycles. The van der Waals surface area contributed by atoms with Crippen LogP contribution in [0.15, 0.2) is 18.2 Å².